The SMILES string of the molecule is O=S(=O)(c1ccccc1)N1C[C@@H]2CN(Cc3ccncc3)C[C@H]2C1. The highest BCUT2D eigenvalue weighted by atomic mass is 32.2. The fourth-order valence-electron chi connectivity index (χ4n) is 3.86. The minimum Gasteiger partial charge on any atom is -0.298 e. The summed E-state index contributed by atoms with van der Waals surface area (Å²) in [6, 6.07) is 12.8. The summed E-state index contributed by atoms with van der Waals surface area (Å²) in [5, 5.41) is 0. The van der Waals surface area contributed by atoms with Crippen molar-refractivity contribution in [2.45, 2.75) is 11.4 Å². The predicted octanol–water partition coefficient (Wildman–Crippen LogP) is 1.83. The normalized spacial score (nSPS) is 25.0. The summed E-state index contributed by atoms with van der Waals surface area (Å²) in [5.41, 5.74) is 1.26. The lowest BCUT2D eigenvalue weighted by atomic mass is 10.0. The molecule has 0 saturated carbocycles. The van der Waals surface area contributed by atoms with Gasteiger partial charge in [0, 0.05) is 45.1 Å². The number of hydrogen-bond donors (Lipinski definition) is 0. The molecular formula is C18H21N3O2S. The molecular weight excluding hydrogens is 322 g/mol. The van der Waals surface area contributed by atoms with Crippen molar-refractivity contribution < 1.29 is 8.42 Å². The number of nitrogens with zero attached hydrogens (tertiary/aromatic N) is 3. The zero-order valence-corrected chi connectivity index (χ0v) is 14.3. The second-order valence-electron chi connectivity index (χ2n) is 6.70. The van der Waals surface area contributed by atoms with Crippen LogP contribution in [0.25, 0.3) is 0 Å². The Balaban J connectivity index is 1.41. The van der Waals surface area contributed by atoms with Crippen LogP contribution in [0.3, 0.4) is 0 Å². The molecule has 2 aliphatic rings. The van der Waals surface area contributed by atoms with Gasteiger partial charge in [0.25, 0.3) is 0 Å². The molecule has 0 unspecified atom stereocenters. The Morgan fingerprint density at radius 1 is 0.917 bits per heavy atom. The quantitative estimate of drug-likeness (QED) is 0.850. The van der Waals surface area contributed by atoms with Crippen LogP contribution in [0.15, 0.2) is 59.8 Å². The molecule has 1 aromatic carbocycles. The number of benzene rings is 1. The van der Waals surface area contributed by atoms with Crippen molar-refractivity contribution in [2.75, 3.05) is 26.2 Å². The van der Waals surface area contributed by atoms with Crippen LogP contribution in [-0.4, -0.2) is 48.8 Å². The van der Waals surface area contributed by atoms with Crippen LogP contribution in [-0.2, 0) is 16.6 Å². The molecule has 2 aliphatic heterocycles. The maximum atomic E-state index is 12.7. The molecule has 2 aromatic rings. The van der Waals surface area contributed by atoms with E-state index >= 15 is 0 Å². The summed E-state index contributed by atoms with van der Waals surface area (Å²) >= 11 is 0. The van der Waals surface area contributed by atoms with Gasteiger partial charge < -0.3 is 0 Å². The maximum absolute atomic E-state index is 12.7. The standard InChI is InChI=1S/C18H21N3O2S/c22-24(23,18-4-2-1-3-5-18)21-13-16-11-20(12-17(16)14-21)10-15-6-8-19-9-7-15/h1-9,16-17H,10-14H2/t16-,17-/m0/s1. The Kier molecular flexibility index (Phi) is 4.12. The Labute approximate surface area is 143 Å². The van der Waals surface area contributed by atoms with Crippen LogP contribution in [0.2, 0.25) is 0 Å². The highest BCUT2D eigenvalue weighted by Gasteiger charge is 2.44. The molecule has 0 N–H and O–H groups in total. The van der Waals surface area contributed by atoms with Crippen molar-refractivity contribution in [1.82, 2.24) is 14.2 Å². The van der Waals surface area contributed by atoms with E-state index in [4.69, 9.17) is 0 Å². The monoisotopic (exact) mass is 343 g/mol. The summed E-state index contributed by atoms with van der Waals surface area (Å²) < 4.78 is 27.2. The summed E-state index contributed by atoms with van der Waals surface area (Å²) in [4.78, 5) is 6.88. The minimum atomic E-state index is -3.35. The van der Waals surface area contributed by atoms with Gasteiger partial charge in [-0.3, -0.25) is 9.88 Å². The van der Waals surface area contributed by atoms with Crippen molar-refractivity contribution in [3.05, 3.63) is 60.4 Å². The van der Waals surface area contributed by atoms with Crippen molar-refractivity contribution >= 4 is 10.0 Å². The molecule has 6 heteroatoms. The minimum absolute atomic E-state index is 0.401. The van der Waals surface area contributed by atoms with E-state index in [-0.39, 0.29) is 0 Å². The van der Waals surface area contributed by atoms with Gasteiger partial charge in [-0.05, 0) is 41.7 Å². The van der Waals surface area contributed by atoms with Gasteiger partial charge in [-0.15, -0.1) is 0 Å². The molecule has 0 radical (unpaired) electrons. The zero-order valence-electron chi connectivity index (χ0n) is 13.5. The lowest BCUT2D eigenvalue weighted by molar-refractivity contribution is 0.289. The molecule has 126 valence electrons. The highest BCUT2D eigenvalue weighted by molar-refractivity contribution is 7.89. The number of rotatable bonds is 4. The molecule has 2 fully saturated rings. The van der Waals surface area contributed by atoms with Crippen molar-refractivity contribution in [2.24, 2.45) is 11.8 Å². The van der Waals surface area contributed by atoms with Crippen LogP contribution in [0, 0.1) is 11.8 Å². The molecule has 24 heavy (non-hydrogen) atoms. The molecule has 1 aromatic heterocycles. The van der Waals surface area contributed by atoms with Crippen molar-refractivity contribution in [1.29, 1.82) is 0 Å². The smallest absolute Gasteiger partial charge is 0.243 e. The molecule has 2 atom stereocenters. The summed E-state index contributed by atoms with van der Waals surface area (Å²) in [6.07, 6.45) is 3.64. The molecule has 4 rings (SSSR count). The Morgan fingerprint density at radius 2 is 1.54 bits per heavy atom. The molecule has 0 amide bonds. The van der Waals surface area contributed by atoms with Crippen LogP contribution >= 0.6 is 0 Å². The van der Waals surface area contributed by atoms with Gasteiger partial charge in [0.05, 0.1) is 4.90 Å². The van der Waals surface area contributed by atoms with Gasteiger partial charge in [-0.1, -0.05) is 18.2 Å². The highest BCUT2D eigenvalue weighted by Crippen LogP contribution is 2.34. The summed E-state index contributed by atoms with van der Waals surface area (Å²) in [5.74, 6) is 0.871. The second kappa shape index (κ2) is 6.27. The first kappa shape index (κ1) is 15.7. The van der Waals surface area contributed by atoms with Gasteiger partial charge >= 0.3 is 0 Å². The van der Waals surface area contributed by atoms with Crippen LogP contribution in [0.4, 0.5) is 0 Å². The van der Waals surface area contributed by atoms with Crippen LogP contribution in [0.5, 0.6) is 0 Å². The summed E-state index contributed by atoms with van der Waals surface area (Å²) in [6.45, 7) is 4.12. The summed E-state index contributed by atoms with van der Waals surface area (Å²) in [7, 11) is -3.35. The van der Waals surface area contributed by atoms with E-state index < -0.39 is 10.0 Å². The zero-order chi connectivity index (χ0) is 16.6. The van der Waals surface area contributed by atoms with Crippen LogP contribution in [0.1, 0.15) is 5.56 Å². The van der Waals surface area contributed by atoms with Gasteiger partial charge in [0.2, 0.25) is 10.0 Å². The first-order chi connectivity index (χ1) is 11.6. The van der Waals surface area contributed by atoms with Crippen LogP contribution < -0.4 is 0 Å². The Morgan fingerprint density at radius 3 is 2.17 bits per heavy atom. The fourth-order valence-corrected chi connectivity index (χ4v) is 5.44. The number of sulfonamides is 1. The molecule has 2 saturated heterocycles. The third-order valence-electron chi connectivity index (χ3n) is 5.06. The van der Waals surface area contributed by atoms with Gasteiger partial charge in [0.1, 0.15) is 0 Å². The average Bonchev–Trinajstić information content (AvgIpc) is 3.15. The molecule has 0 aliphatic carbocycles. The first-order valence-electron chi connectivity index (χ1n) is 8.29. The number of aromatic nitrogens is 1. The van der Waals surface area contributed by atoms with E-state index in [0.29, 0.717) is 29.8 Å². The topological polar surface area (TPSA) is 53.5 Å². The molecule has 0 bridgehead atoms. The van der Waals surface area contributed by atoms with E-state index in [2.05, 4.69) is 9.88 Å². The first-order valence-corrected chi connectivity index (χ1v) is 9.73. The third kappa shape index (κ3) is 2.97. The number of likely N-dealkylation sites (tertiary alicyclic amines) is 1. The second-order valence-corrected chi connectivity index (χ2v) is 8.64. The van der Waals surface area contributed by atoms with E-state index in [0.717, 1.165) is 19.6 Å². The Hall–Kier alpha value is -1.76. The van der Waals surface area contributed by atoms with Gasteiger partial charge in [0.15, 0.2) is 0 Å². The van der Waals surface area contributed by atoms with E-state index in [9.17, 15) is 8.42 Å². The lowest BCUT2D eigenvalue weighted by Crippen LogP contribution is -2.33. The molecule has 3 heterocycles. The van der Waals surface area contributed by atoms with E-state index in [1.54, 1.807) is 28.6 Å². The van der Waals surface area contributed by atoms with E-state index in [1.807, 2.05) is 30.6 Å². The average molecular weight is 343 g/mol. The largest absolute Gasteiger partial charge is 0.298 e. The Bertz CT molecular complexity index is 782. The number of pyridine rings is 1. The maximum Gasteiger partial charge on any atom is 0.243 e. The van der Waals surface area contributed by atoms with Gasteiger partial charge in [-0.2, -0.15) is 4.31 Å². The van der Waals surface area contributed by atoms with Gasteiger partial charge in [-0.25, -0.2) is 8.42 Å². The lowest BCUT2D eigenvalue weighted by Gasteiger charge is -2.21. The fraction of sp³-hybridized carbons (Fsp3) is 0.389. The molecule has 0 spiro atoms. The van der Waals surface area contributed by atoms with Crippen molar-refractivity contribution in [3.63, 3.8) is 0 Å². The third-order valence-corrected chi connectivity index (χ3v) is 6.91. The van der Waals surface area contributed by atoms with E-state index in [1.165, 1.54) is 5.56 Å². The number of fused-ring (bicyclic) bond motifs is 1. The molecule has 5 nitrogen and oxygen atoms in total. The predicted molar refractivity (Wildman–Crippen MR) is 91.7 cm³/mol. The van der Waals surface area contributed by atoms with Crippen molar-refractivity contribution in [3.8, 4) is 0 Å². The number of hydrogen-bond acceptors (Lipinski definition) is 4.